The second-order valence-corrected chi connectivity index (χ2v) is 4.65. The van der Waals surface area contributed by atoms with Crippen molar-refractivity contribution in [2.45, 2.75) is 26.5 Å². The summed E-state index contributed by atoms with van der Waals surface area (Å²) in [5.74, 6) is 1.39. The standard InChI is InChI=1S/C14H19N3O3/c1-9-5-13(19-3)14(20-4)6-11(9)7-17-8-12(10(2)18)15-16-17/h5-6,8,10,18H,7H2,1-4H3. The maximum absolute atomic E-state index is 9.46. The second-order valence-electron chi connectivity index (χ2n) is 4.65. The Balaban J connectivity index is 2.28. The van der Waals surface area contributed by atoms with Crippen LogP contribution in [0.3, 0.4) is 0 Å². The smallest absolute Gasteiger partial charge is 0.161 e. The molecule has 0 radical (unpaired) electrons. The summed E-state index contributed by atoms with van der Waals surface area (Å²) in [6.07, 6.45) is 1.12. The molecule has 0 aliphatic carbocycles. The van der Waals surface area contributed by atoms with E-state index in [4.69, 9.17) is 9.47 Å². The molecule has 2 aromatic rings. The summed E-state index contributed by atoms with van der Waals surface area (Å²) in [5.41, 5.74) is 2.70. The third-order valence-corrected chi connectivity index (χ3v) is 3.16. The lowest BCUT2D eigenvalue weighted by molar-refractivity contribution is 0.194. The lowest BCUT2D eigenvalue weighted by atomic mass is 10.1. The lowest BCUT2D eigenvalue weighted by Gasteiger charge is -2.12. The zero-order valence-corrected chi connectivity index (χ0v) is 12.1. The van der Waals surface area contributed by atoms with Gasteiger partial charge in [-0.05, 0) is 37.1 Å². The third kappa shape index (κ3) is 2.91. The van der Waals surface area contributed by atoms with E-state index in [1.165, 1.54) is 0 Å². The molecule has 6 nitrogen and oxygen atoms in total. The second kappa shape index (κ2) is 5.92. The number of hydrogen-bond acceptors (Lipinski definition) is 5. The summed E-state index contributed by atoms with van der Waals surface area (Å²) in [7, 11) is 3.22. The fourth-order valence-electron chi connectivity index (χ4n) is 1.95. The Kier molecular flexibility index (Phi) is 4.24. The molecule has 0 saturated heterocycles. The Labute approximate surface area is 117 Å². The highest BCUT2D eigenvalue weighted by atomic mass is 16.5. The lowest BCUT2D eigenvalue weighted by Crippen LogP contribution is -2.03. The largest absolute Gasteiger partial charge is 0.493 e. The molecule has 20 heavy (non-hydrogen) atoms. The Morgan fingerprint density at radius 3 is 2.45 bits per heavy atom. The third-order valence-electron chi connectivity index (χ3n) is 3.16. The number of hydrogen-bond donors (Lipinski definition) is 1. The molecule has 1 aromatic carbocycles. The first-order valence-corrected chi connectivity index (χ1v) is 6.34. The molecule has 1 heterocycles. The topological polar surface area (TPSA) is 69.4 Å². The molecule has 1 N–H and O–H groups in total. The number of aromatic nitrogens is 3. The highest BCUT2D eigenvalue weighted by Crippen LogP contribution is 2.30. The first-order chi connectivity index (χ1) is 9.55. The van der Waals surface area contributed by atoms with E-state index < -0.39 is 6.10 Å². The van der Waals surface area contributed by atoms with Gasteiger partial charge in [0.15, 0.2) is 11.5 Å². The van der Waals surface area contributed by atoms with Crippen LogP contribution in [0.25, 0.3) is 0 Å². The zero-order valence-electron chi connectivity index (χ0n) is 12.1. The van der Waals surface area contributed by atoms with Crippen molar-refractivity contribution in [3.8, 4) is 11.5 Å². The highest BCUT2D eigenvalue weighted by Gasteiger charge is 2.11. The van der Waals surface area contributed by atoms with E-state index in [2.05, 4.69) is 10.3 Å². The van der Waals surface area contributed by atoms with Crippen molar-refractivity contribution in [3.05, 3.63) is 35.2 Å². The molecular formula is C14H19N3O3. The number of benzene rings is 1. The van der Waals surface area contributed by atoms with Gasteiger partial charge in [-0.1, -0.05) is 5.21 Å². The van der Waals surface area contributed by atoms with E-state index in [1.54, 1.807) is 32.0 Å². The van der Waals surface area contributed by atoms with Gasteiger partial charge in [0.1, 0.15) is 5.69 Å². The van der Waals surface area contributed by atoms with E-state index in [1.807, 2.05) is 19.1 Å². The van der Waals surface area contributed by atoms with Crippen LogP contribution in [0.1, 0.15) is 29.8 Å². The molecule has 1 atom stereocenters. The Morgan fingerprint density at radius 1 is 1.25 bits per heavy atom. The van der Waals surface area contributed by atoms with Crippen LogP contribution in [0.2, 0.25) is 0 Å². The van der Waals surface area contributed by atoms with Crippen LogP contribution in [0.5, 0.6) is 11.5 Å². The molecule has 0 aliphatic rings. The van der Waals surface area contributed by atoms with E-state index in [-0.39, 0.29) is 0 Å². The van der Waals surface area contributed by atoms with Gasteiger partial charge in [-0.15, -0.1) is 5.10 Å². The molecule has 0 spiro atoms. The molecule has 0 aliphatic heterocycles. The van der Waals surface area contributed by atoms with Gasteiger partial charge in [-0.2, -0.15) is 0 Å². The van der Waals surface area contributed by atoms with Gasteiger partial charge < -0.3 is 14.6 Å². The quantitative estimate of drug-likeness (QED) is 0.901. The van der Waals surface area contributed by atoms with Gasteiger partial charge in [-0.25, -0.2) is 4.68 Å². The Bertz CT molecular complexity index is 593. The van der Waals surface area contributed by atoms with Gasteiger partial charge in [-0.3, -0.25) is 0 Å². The molecule has 0 fully saturated rings. The average molecular weight is 277 g/mol. The van der Waals surface area contributed by atoms with Crippen LogP contribution in [-0.4, -0.2) is 34.3 Å². The van der Waals surface area contributed by atoms with E-state index >= 15 is 0 Å². The Hall–Kier alpha value is -2.08. The summed E-state index contributed by atoms with van der Waals surface area (Å²) in [6.45, 7) is 4.23. The van der Waals surface area contributed by atoms with Gasteiger partial charge in [0.25, 0.3) is 0 Å². The minimum absolute atomic E-state index is 0.558. The van der Waals surface area contributed by atoms with Crippen molar-refractivity contribution in [3.63, 3.8) is 0 Å². The molecule has 2 rings (SSSR count). The van der Waals surface area contributed by atoms with Gasteiger partial charge in [0, 0.05) is 0 Å². The van der Waals surface area contributed by atoms with Crippen LogP contribution in [0.4, 0.5) is 0 Å². The van der Waals surface area contributed by atoms with Crippen molar-refractivity contribution in [2.75, 3.05) is 14.2 Å². The SMILES string of the molecule is COc1cc(C)c(Cn2cc(C(C)O)nn2)cc1OC. The molecule has 1 unspecified atom stereocenters. The van der Waals surface area contributed by atoms with Crippen molar-refractivity contribution in [1.29, 1.82) is 0 Å². The minimum Gasteiger partial charge on any atom is -0.493 e. The molecule has 0 saturated carbocycles. The van der Waals surface area contributed by atoms with E-state index in [0.29, 0.717) is 23.7 Å². The van der Waals surface area contributed by atoms with Crippen LogP contribution in [0.15, 0.2) is 18.3 Å². The van der Waals surface area contributed by atoms with Crippen LogP contribution < -0.4 is 9.47 Å². The van der Waals surface area contributed by atoms with Gasteiger partial charge in [0.05, 0.1) is 33.1 Å². The van der Waals surface area contributed by atoms with Gasteiger partial charge >= 0.3 is 0 Å². The molecule has 6 heteroatoms. The predicted octanol–water partition coefficient (Wildman–Crippen LogP) is 1.71. The predicted molar refractivity (Wildman–Crippen MR) is 74.0 cm³/mol. The monoisotopic (exact) mass is 277 g/mol. The van der Waals surface area contributed by atoms with Crippen LogP contribution in [0, 0.1) is 6.92 Å². The van der Waals surface area contributed by atoms with Crippen molar-refractivity contribution >= 4 is 0 Å². The van der Waals surface area contributed by atoms with Crippen LogP contribution >= 0.6 is 0 Å². The average Bonchev–Trinajstić information content (AvgIpc) is 2.89. The molecular weight excluding hydrogens is 258 g/mol. The number of aliphatic hydroxyl groups excluding tert-OH is 1. The summed E-state index contributed by atoms with van der Waals surface area (Å²) in [5, 5.41) is 17.4. The minimum atomic E-state index is -0.616. The zero-order chi connectivity index (χ0) is 14.7. The van der Waals surface area contributed by atoms with Crippen molar-refractivity contribution in [2.24, 2.45) is 0 Å². The maximum Gasteiger partial charge on any atom is 0.161 e. The molecule has 0 amide bonds. The fourth-order valence-corrected chi connectivity index (χ4v) is 1.95. The summed E-state index contributed by atoms with van der Waals surface area (Å²) in [4.78, 5) is 0. The number of nitrogens with zero attached hydrogens (tertiary/aromatic N) is 3. The number of aryl methyl sites for hydroxylation is 1. The van der Waals surface area contributed by atoms with Crippen molar-refractivity contribution < 1.29 is 14.6 Å². The number of ether oxygens (including phenoxy) is 2. The first kappa shape index (κ1) is 14.3. The Morgan fingerprint density at radius 2 is 1.90 bits per heavy atom. The molecule has 1 aromatic heterocycles. The number of methoxy groups -OCH3 is 2. The summed E-state index contributed by atoms with van der Waals surface area (Å²) >= 11 is 0. The molecule has 0 bridgehead atoms. The first-order valence-electron chi connectivity index (χ1n) is 6.34. The van der Waals surface area contributed by atoms with Crippen LogP contribution in [-0.2, 0) is 6.54 Å². The van der Waals surface area contributed by atoms with Gasteiger partial charge in [0.2, 0.25) is 0 Å². The molecule has 108 valence electrons. The van der Waals surface area contributed by atoms with E-state index in [9.17, 15) is 5.11 Å². The van der Waals surface area contributed by atoms with E-state index in [0.717, 1.165) is 11.1 Å². The van der Waals surface area contributed by atoms with Crippen molar-refractivity contribution in [1.82, 2.24) is 15.0 Å². The summed E-state index contributed by atoms with van der Waals surface area (Å²) < 4.78 is 12.3. The highest BCUT2D eigenvalue weighted by molar-refractivity contribution is 5.47. The normalized spacial score (nSPS) is 12.2. The maximum atomic E-state index is 9.46. The number of rotatable bonds is 5. The summed E-state index contributed by atoms with van der Waals surface area (Å²) in [6, 6.07) is 3.86. The number of aliphatic hydroxyl groups is 1. The fraction of sp³-hybridized carbons (Fsp3) is 0.429.